The number of amides is 2. The lowest BCUT2D eigenvalue weighted by Gasteiger charge is -2.31. The minimum absolute atomic E-state index is 0.0375. The van der Waals surface area contributed by atoms with Gasteiger partial charge in [0.1, 0.15) is 0 Å². The molecule has 34 heavy (non-hydrogen) atoms. The van der Waals surface area contributed by atoms with Crippen molar-refractivity contribution in [3.05, 3.63) is 71.5 Å². The number of piperidine rings is 1. The molecule has 1 aliphatic heterocycles. The summed E-state index contributed by atoms with van der Waals surface area (Å²) >= 11 is 0. The van der Waals surface area contributed by atoms with E-state index in [2.05, 4.69) is 5.32 Å². The second kappa shape index (κ2) is 9.25. The fraction of sp³-hybridized carbons (Fsp3) is 0.333. The Morgan fingerprint density at radius 1 is 1.00 bits per heavy atom. The monoisotopic (exact) mass is 455 g/mol. The average Bonchev–Trinajstić information content (AvgIpc) is 3.23. The largest absolute Gasteiger partial charge is 0.343 e. The number of likely N-dealkylation sites (tertiary alicyclic amines) is 1. The van der Waals surface area contributed by atoms with Crippen LogP contribution in [0.3, 0.4) is 0 Å². The summed E-state index contributed by atoms with van der Waals surface area (Å²) in [6.07, 6.45) is 2.44. The minimum atomic E-state index is -0.0608. The Balaban J connectivity index is 1.20. The third-order valence-corrected chi connectivity index (χ3v) is 6.87. The fourth-order valence-electron chi connectivity index (χ4n) is 4.89. The number of carbonyl (C=O) groups is 2. The summed E-state index contributed by atoms with van der Waals surface area (Å²) < 4.78 is 1.90. The van der Waals surface area contributed by atoms with Gasteiger partial charge < -0.3 is 10.2 Å². The summed E-state index contributed by atoms with van der Waals surface area (Å²) in [6, 6.07) is 17.5. The summed E-state index contributed by atoms with van der Waals surface area (Å²) in [4.78, 5) is 32.2. The van der Waals surface area contributed by atoms with E-state index in [1.807, 2.05) is 77.9 Å². The zero-order valence-corrected chi connectivity index (χ0v) is 19.6. The molecule has 0 aliphatic carbocycles. The molecule has 5 rings (SSSR count). The summed E-state index contributed by atoms with van der Waals surface area (Å²) in [6.45, 7) is 5.28. The molecule has 0 radical (unpaired) electrons. The van der Waals surface area contributed by atoms with Gasteiger partial charge in [-0.25, -0.2) is 9.50 Å². The Bertz CT molecular complexity index is 1350. The maximum Gasteiger partial charge on any atom is 0.227 e. The molecule has 0 unspecified atom stereocenters. The van der Waals surface area contributed by atoms with E-state index in [0.717, 1.165) is 39.2 Å². The quantitative estimate of drug-likeness (QED) is 0.486. The molecule has 2 aromatic carbocycles. The minimum Gasteiger partial charge on any atom is -0.343 e. The van der Waals surface area contributed by atoms with Crippen LogP contribution in [0.15, 0.2) is 54.6 Å². The van der Waals surface area contributed by atoms with Crippen molar-refractivity contribution >= 4 is 34.1 Å². The lowest BCUT2D eigenvalue weighted by Crippen LogP contribution is -2.41. The molecule has 4 aromatic rings. The molecule has 0 spiro atoms. The van der Waals surface area contributed by atoms with Gasteiger partial charge in [0.25, 0.3) is 0 Å². The predicted molar refractivity (Wildman–Crippen MR) is 133 cm³/mol. The van der Waals surface area contributed by atoms with Crippen LogP contribution in [0.2, 0.25) is 0 Å². The van der Waals surface area contributed by atoms with E-state index in [4.69, 9.17) is 10.1 Å². The molecule has 3 heterocycles. The number of rotatable bonds is 5. The highest BCUT2D eigenvalue weighted by Gasteiger charge is 2.27. The van der Waals surface area contributed by atoms with Crippen molar-refractivity contribution in [3.8, 4) is 0 Å². The molecule has 1 fully saturated rings. The van der Waals surface area contributed by atoms with E-state index in [9.17, 15) is 9.59 Å². The van der Waals surface area contributed by atoms with Gasteiger partial charge in [-0.2, -0.15) is 5.10 Å². The number of aromatic nitrogens is 3. The maximum absolute atomic E-state index is 12.9. The molecule has 174 valence electrons. The van der Waals surface area contributed by atoms with Gasteiger partial charge in [-0.1, -0.05) is 30.3 Å². The zero-order chi connectivity index (χ0) is 23.7. The van der Waals surface area contributed by atoms with Crippen molar-refractivity contribution in [3.63, 3.8) is 0 Å². The van der Waals surface area contributed by atoms with Crippen molar-refractivity contribution < 1.29 is 9.59 Å². The number of fused-ring (bicyclic) bond motifs is 3. The van der Waals surface area contributed by atoms with Crippen LogP contribution >= 0.6 is 0 Å². The van der Waals surface area contributed by atoms with Crippen LogP contribution < -0.4 is 5.32 Å². The van der Waals surface area contributed by atoms with Gasteiger partial charge in [0, 0.05) is 47.9 Å². The number of aryl methyl sites for hydroxylation is 2. The number of nitrogens with one attached hydrogen (secondary N) is 1. The Kier molecular flexibility index (Phi) is 6.01. The fourth-order valence-corrected chi connectivity index (χ4v) is 4.89. The lowest BCUT2D eigenvalue weighted by atomic mass is 9.95. The number of nitrogens with zero attached hydrogens (tertiary/aromatic N) is 4. The van der Waals surface area contributed by atoms with E-state index < -0.39 is 0 Å². The molecular formula is C27H29N5O2. The maximum atomic E-state index is 12.9. The first-order chi connectivity index (χ1) is 16.5. The Hall–Kier alpha value is -3.74. The van der Waals surface area contributed by atoms with E-state index >= 15 is 0 Å². The molecule has 2 amide bonds. The normalized spacial score (nSPS) is 14.6. The first-order valence-corrected chi connectivity index (χ1v) is 11.9. The van der Waals surface area contributed by atoms with Gasteiger partial charge in [0.2, 0.25) is 11.8 Å². The molecule has 0 bridgehead atoms. The van der Waals surface area contributed by atoms with Crippen molar-refractivity contribution in [2.75, 3.05) is 18.4 Å². The molecule has 1 N–H and O–H groups in total. The number of carbonyl (C=O) groups excluding carboxylic acids is 2. The molecule has 1 aliphatic rings. The van der Waals surface area contributed by atoms with E-state index in [1.165, 1.54) is 0 Å². The third-order valence-electron chi connectivity index (χ3n) is 6.87. The van der Waals surface area contributed by atoms with Crippen molar-refractivity contribution in [2.24, 2.45) is 5.92 Å². The number of para-hydroxylation sites is 1. The Labute approximate surface area is 198 Å². The lowest BCUT2D eigenvalue weighted by molar-refractivity contribution is -0.134. The first-order valence-electron chi connectivity index (χ1n) is 11.9. The smallest absolute Gasteiger partial charge is 0.227 e. The standard InChI is InChI=1S/C27H29N5O2/c1-18-22(19(2)32-26(28-18)23-10-6-7-11-24(23)30-32)12-13-25(33)31-16-14-20(15-17-31)27(34)29-21-8-4-3-5-9-21/h3-11,20H,12-17H2,1-2H3,(H,29,34). The van der Waals surface area contributed by atoms with E-state index in [-0.39, 0.29) is 17.7 Å². The Morgan fingerprint density at radius 2 is 1.71 bits per heavy atom. The van der Waals surface area contributed by atoms with E-state index in [1.54, 1.807) is 0 Å². The van der Waals surface area contributed by atoms with Gasteiger partial charge in [-0.15, -0.1) is 0 Å². The van der Waals surface area contributed by atoms with Crippen LogP contribution in [0.5, 0.6) is 0 Å². The van der Waals surface area contributed by atoms with Crippen LogP contribution in [-0.4, -0.2) is 44.4 Å². The van der Waals surface area contributed by atoms with Gasteiger partial charge in [0.05, 0.1) is 5.52 Å². The molecule has 0 atom stereocenters. The molecule has 0 saturated carbocycles. The van der Waals surface area contributed by atoms with Crippen LogP contribution in [0.1, 0.15) is 36.2 Å². The van der Waals surface area contributed by atoms with Crippen LogP contribution in [0.4, 0.5) is 5.69 Å². The van der Waals surface area contributed by atoms with Crippen LogP contribution in [-0.2, 0) is 16.0 Å². The SMILES string of the molecule is Cc1nc2c3ccccc3nn2c(C)c1CCC(=O)N1CCC(C(=O)Nc2ccccc2)CC1. The number of hydrogen-bond acceptors (Lipinski definition) is 4. The highest BCUT2D eigenvalue weighted by molar-refractivity contribution is 5.93. The second-order valence-corrected chi connectivity index (χ2v) is 9.02. The van der Waals surface area contributed by atoms with Gasteiger partial charge in [0.15, 0.2) is 5.65 Å². The van der Waals surface area contributed by atoms with E-state index in [0.29, 0.717) is 38.8 Å². The highest BCUT2D eigenvalue weighted by atomic mass is 16.2. The van der Waals surface area contributed by atoms with Gasteiger partial charge in [-0.3, -0.25) is 9.59 Å². The Morgan fingerprint density at radius 3 is 2.47 bits per heavy atom. The number of hydrogen-bond donors (Lipinski definition) is 1. The second-order valence-electron chi connectivity index (χ2n) is 9.02. The molecular weight excluding hydrogens is 426 g/mol. The summed E-state index contributed by atoms with van der Waals surface area (Å²) in [5.41, 5.74) is 5.64. The highest BCUT2D eigenvalue weighted by Crippen LogP contribution is 2.24. The molecule has 1 saturated heterocycles. The van der Waals surface area contributed by atoms with Gasteiger partial charge in [-0.05, 0) is 62.9 Å². The van der Waals surface area contributed by atoms with Gasteiger partial charge >= 0.3 is 0 Å². The molecule has 7 heteroatoms. The van der Waals surface area contributed by atoms with Crippen LogP contribution in [0, 0.1) is 19.8 Å². The summed E-state index contributed by atoms with van der Waals surface area (Å²) in [7, 11) is 0. The predicted octanol–water partition coefficient (Wildman–Crippen LogP) is 4.31. The molecule has 7 nitrogen and oxygen atoms in total. The zero-order valence-electron chi connectivity index (χ0n) is 19.6. The third kappa shape index (κ3) is 4.25. The number of anilines is 1. The average molecular weight is 456 g/mol. The number of benzene rings is 2. The van der Waals surface area contributed by atoms with Crippen molar-refractivity contribution in [1.82, 2.24) is 19.5 Å². The topological polar surface area (TPSA) is 79.6 Å². The first kappa shape index (κ1) is 22.1. The molecule has 2 aromatic heterocycles. The van der Waals surface area contributed by atoms with Crippen molar-refractivity contribution in [1.29, 1.82) is 0 Å². The summed E-state index contributed by atoms with van der Waals surface area (Å²) in [5, 5.41) is 8.73. The summed E-state index contributed by atoms with van der Waals surface area (Å²) in [5.74, 6) is 0.108. The van der Waals surface area contributed by atoms with Crippen molar-refractivity contribution in [2.45, 2.75) is 39.5 Å². The van der Waals surface area contributed by atoms with Crippen LogP contribution in [0.25, 0.3) is 16.6 Å².